The minimum Gasteiger partial charge on any atom is -0.356 e. The number of nitrogens with one attached hydrogen (secondary N) is 1. The van der Waals surface area contributed by atoms with Crippen LogP contribution in [0.3, 0.4) is 0 Å². The Kier molecular flexibility index (Phi) is 2.81. The summed E-state index contributed by atoms with van der Waals surface area (Å²) >= 11 is 0. The zero-order valence-corrected chi connectivity index (χ0v) is 11.6. The number of hydrogen-bond donors (Lipinski definition) is 1. The summed E-state index contributed by atoms with van der Waals surface area (Å²) in [5.74, 6) is 1.20. The molecule has 1 saturated carbocycles. The first-order valence-electron chi connectivity index (χ1n) is 6.73. The van der Waals surface area contributed by atoms with E-state index in [0.717, 1.165) is 18.5 Å². The van der Waals surface area contributed by atoms with Crippen LogP contribution in [0.5, 0.6) is 0 Å². The standard InChI is InChI=1S/C15H19N3O/c1-9-4-5-14-13(8-18(3)17-14)15(9)12-6-11(12)7-16-10(2)19/h4-5,8,11-12H,6-7H2,1-3H3,(H,16,19). The van der Waals surface area contributed by atoms with Gasteiger partial charge >= 0.3 is 0 Å². The van der Waals surface area contributed by atoms with E-state index in [0.29, 0.717) is 11.8 Å². The molecule has 0 saturated heterocycles. The number of amides is 1. The average molecular weight is 257 g/mol. The molecule has 1 aromatic carbocycles. The highest BCUT2D eigenvalue weighted by Gasteiger charge is 2.40. The molecule has 2 atom stereocenters. The van der Waals surface area contributed by atoms with Gasteiger partial charge in [0, 0.05) is 32.1 Å². The Morgan fingerprint density at radius 2 is 2.32 bits per heavy atom. The SMILES string of the molecule is CC(=O)NCC1CC1c1c(C)ccc2nn(C)cc12. The van der Waals surface area contributed by atoms with Crippen molar-refractivity contribution < 1.29 is 4.79 Å². The fourth-order valence-corrected chi connectivity index (χ4v) is 2.94. The topological polar surface area (TPSA) is 46.9 Å². The number of rotatable bonds is 3. The Bertz CT molecular complexity index is 644. The Balaban J connectivity index is 1.89. The molecular weight excluding hydrogens is 238 g/mol. The lowest BCUT2D eigenvalue weighted by Gasteiger charge is -2.07. The monoisotopic (exact) mass is 257 g/mol. The minimum atomic E-state index is 0.0574. The van der Waals surface area contributed by atoms with Crippen LogP contribution in [0.4, 0.5) is 0 Å². The Hall–Kier alpha value is -1.84. The molecule has 1 fully saturated rings. The summed E-state index contributed by atoms with van der Waals surface area (Å²) in [7, 11) is 1.96. The molecule has 0 bridgehead atoms. The van der Waals surface area contributed by atoms with Crippen LogP contribution in [0.15, 0.2) is 18.3 Å². The van der Waals surface area contributed by atoms with Crippen molar-refractivity contribution in [1.29, 1.82) is 0 Å². The van der Waals surface area contributed by atoms with Gasteiger partial charge in [-0.1, -0.05) is 6.07 Å². The molecular formula is C15H19N3O. The highest BCUT2D eigenvalue weighted by molar-refractivity contribution is 5.84. The third-order valence-corrected chi connectivity index (χ3v) is 3.97. The predicted octanol–water partition coefficient (Wildman–Crippen LogP) is 2.12. The van der Waals surface area contributed by atoms with E-state index < -0.39 is 0 Å². The lowest BCUT2D eigenvalue weighted by Crippen LogP contribution is -2.22. The summed E-state index contributed by atoms with van der Waals surface area (Å²) in [6.45, 7) is 4.52. The fraction of sp³-hybridized carbons (Fsp3) is 0.467. The largest absolute Gasteiger partial charge is 0.356 e. The van der Waals surface area contributed by atoms with Crippen molar-refractivity contribution in [3.8, 4) is 0 Å². The third kappa shape index (κ3) is 2.23. The van der Waals surface area contributed by atoms with Crippen molar-refractivity contribution in [2.45, 2.75) is 26.2 Å². The highest BCUT2D eigenvalue weighted by Crippen LogP contribution is 2.50. The number of carbonyl (C=O) groups excluding carboxylic acids is 1. The molecule has 1 aliphatic rings. The van der Waals surface area contributed by atoms with Crippen molar-refractivity contribution >= 4 is 16.8 Å². The van der Waals surface area contributed by atoms with E-state index in [1.54, 1.807) is 6.92 Å². The van der Waals surface area contributed by atoms with Gasteiger partial charge in [-0.25, -0.2) is 0 Å². The van der Waals surface area contributed by atoms with Crippen LogP contribution in [0.1, 0.15) is 30.4 Å². The van der Waals surface area contributed by atoms with Gasteiger partial charge in [0.25, 0.3) is 0 Å². The van der Waals surface area contributed by atoms with E-state index in [2.05, 4.69) is 35.7 Å². The second-order valence-electron chi connectivity index (χ2n) is 5.57. The van der Waals surface area contributed by atoms with E-state index in [-0.39, 0.29) is 5.91 Å². The summed E-state index contributed by atoms with van der Waals surface area (Å²) in [4.78, 5) is 11.0. The molecule has 0 spiro atoms. The number of nitrogens with zero attached hydrogens (tertiary/aromatic N) is 2. The number of carbonyl (C=O) groups is 1. The molecule has 1 aromatic heterocycles. The lowest BCUT2D eigenvalue weighted by atomic mass is 9.99. The second-order valence-corrected chi connectivity index (χ2v) is 5.57. The third-order valence-electron chi connectivity index (χ3n) is 3.97. The molecule has 1 aliphatic carbocycles. The van der Waals surface area contributed by atoms with Crippen molar-refractivity contribution in [1.82, 2.24) is 15.1 Å². The Labute approximate surface area is 112 Å². The van der Waals surface area contributed by atoms with Gasteiger partial charge in [-0.2, -0.15) is 5.10 Å². The molecule has 0 aliphatic heterocycles. The fourth-order valence-electron chi connectivity index (χ4n) is 2.94. The van der Waals surface area contributed by atoms with Crippen LogP contribution in [0.25, 0.3) is 10.9 Å². The first kappa shape index (κ1) is 12.2. The molecule has 1 heterocycles. The predicted molar refractivity (Wildman–Crippen MR) is 75.0 cm³/mol. The molecule has 1 amide bonds. The normalized spacial score (nSPS) is 21.6. The first-order valence-corrected chi connectivity index (χ1v) is 6.73. The zero-order valence-electron chi connectivity index (χ0n) is 11.6. The molecule has 2 unspecified atom stereocenters. The van der Waals surface area contributed by atoms with E-state index in [1.165, 1.54) is 16.5 Å². The Morgan fingerprint density at radius 1 is 1.53 bits per heavy atom. The summed E-state index contributed by atoms with van der Waals surface area (Å²) in [6.07, 6.45) is 3.26. The Morgan fingerprint density at radius 3 is 3.05 bits per heavy atom. The van der Waals surface area contributed by atoms with Crippen molar-refractivity contribution in [3.05, 3.63) is 29.5 Å². The van der Waals surface area contributed by atoms with Gasteiger partial charge in [-0.05, 0) is 42.4 Å². The molecule has 4 heteroatoms. The zero-order chi connectivity index (χ0) is 13.6. The van der Waals surface area contributed by atoms with Crippen LogP contribution in [-0.4, -0.2) is 22.2 Å². The van der Waals surface area contributed by atoms with Gasteiger partial charge in [0.1, 0.15) is 0 Å². The van der Waals surface area contributed by atoms with Gasteiger partial charge in [0.05, 0.1) is 5.52 Å². The molecule has 3 rings (SSSR count). The van der Waals surface area contributed by atoms with Crippen molar-refractivity contribution in [3.63, 3.8) is 0 Å². The molecule has 19 heavy (non-hydrogen) atoms. The van der Waals surface area contributed by atoms with Gasteiger partial charge in [-0.3, -0.25) is 9.48 Å². The number of fused-ring (bicyclic) bond motifs is 1. The summed E-state index contributed by atoms with van der Waals surface area (Å²) in [5, 5.41) is 8.65. The second kappa shape index (κ2) is 4.37. The molecule has 4 nitrogen and oxygen atoms in total. The summed E-state index contributed by atoms with van der Waals surface area (Å²) in [6, 6.07) is 4.23. The summed E-state index contributed by atoms with van der Waals surface area (Å²) < 4.78 is 1.87. The van der Waals surface area contributed by atoms with E-state index >= 15 is 0 Å². The van der Waals surface area contributed by atoms with Crippen LogP contribution in [-0.2, 0) is 11.8 Å². The average Bonchev–Trinajstić information content (AvgIpc) is 3.00. The number of hydrogen-bond acceptors (Lipinski definition) is 2. The van der Waals surface area contributed by atoms with Crippen molar-refractivity contribution in [2.75, 3.05) is 6.54 Å². The van der Waals surface area contributed by atoms with Gasteiger partial charge < -0.3 is 5.32 Å². The quantitative estimate of drug-likeness (QED) is 0.915. The molecule has 2 aromatic rings. The number of benzene rings is 1. The number of aromatic nitrogens is 2. The van der Waals surface area contributed by atoms with Gasteiger partial charge in [0.2, 0.25) is 5.91 Å². The summed E-state index contributed by atoms with van der Waals surface area (Å²) in [5.41, 5.74) is 3.81. The van der Waals surface area contributed by atoms with E-state index in [9.17, 15) is 4.79 Å². The number of aryl methyl sites for hydroxylation is 2. The maximum Gasteiger partial charge on any atom is 0.216 e. The minimum absolute atomic E-state index is 0.0574. The van der Waals surface area contributed by atoms with Crippen LogP contribution >= 0.6 is 0 Å². The lowest BCUT2D eigenvalue weighted by molar-refractivity contribution is -0.119. The van der Waals surface area contributed by atoms with Gasteiger partial charge in [0.15, 0.2) is 0 Å². The maximum atomic E-state index is 11.0. The van der Waals surface area contributed by atoms with Crippen molar-refractivity contribution in [2.24, 2.45) is 13.0 Å². The van der Waals surface area contributed by atoms with Crippen LogP contribution in [0, 0.1) is 12.8 Å². The maximum absolute atomic E-state index is 11.0. The smallest absolute Gasteiger partial charge is 0.216 e. The van der Waals surface area contributed by atoms with E-state index in [4.69, 9.17) is 0 Å². The molecule has 1 N–H and O–H groups in total. The first-order chi connectivity index (χ1) is 9.06. The van der Waals surface area contributed by atoms with Crippen LogP contribution in [0.2, 0.25) is 0 Å². The van der Waals surface area contributed by atoms with E-state index in [1.807, 2.05) is 11.7 Å². The van der Waals surface area contributed by atoms with Crippen LogP contribution < -0.4 is 5.32 Å². The highest BCUT2D eigenvalue weighted by atomic mass is 16.1. The van der Waals surface area contributed by atoms with Gasteiger partial charge in [-0.15, -0.1) is 0 Å². The molecule has 100 valence electrons. The molecule has 0 radical (unpaired) electrons.